The number of carbonyl (C=O) groups excluding carboxylic acids is 3. The maximum absolute atomic E-state index is 12.9. The monoisotopic (exact) mass is 413 g/mol. The summed E-state index contributed by atoms with van der Waals surface area (Å²) in [4.78, 5) is 42.6. The summed E-state index contributed by atoms with van der Waals surface area (Å²) in [6.07, 6.45) is 0.601. The molecular weight excluding hydrogens is 390 g/mol. The molecule has 0 aliphatic carbocycles. The van der Waals surface area contributed by atoms with Crippen molar-refractivity contribution in [3.05, 3.63) is 46.0 Å². The summed E-state index contributed by atoms with van der Waals surface area (Å²) < 4.78 is 0. The van der Waals surface area contributed by atoms with Crippen molar-refractivity contribution >= 4 is 34.2 Å². The molecule has 1 atom stereocenters. The number of anilines is 1. The summed E-state index contributed by atoms with van der Waals surface area (Å²) in [6, 6.07) is 4.99. The van der Waals surface area contributed by atoms with Gasteiger partial charge in [-0.3, -0.25) is 19.7 Å². The lowest BCUT2D eigenvalue weighted by Crippen LogP contribution is -2.52. The van der Waals surface area contributed by atoms with Crippen molar-refractivity contribution in [2.75, 3.05) is 5.32 Å². The predicted octanol–water partition coefficient (Wildman–Crippen LogP) is 1.71. The Balaban J connectivity index is 1.50. The van der Waals surface area contributed by atoms with Gasteiger partial charge in [-0.15, -0.1) is 11.3 Å². The number of fused-ring (bicyclic) bond motifs is 1. The summed E-state index contributed by atoms with van der Waals surface area (Å²) in [6.45, 7) is 4.69. The molecule has 1 fully saturated rings. The van der Waals surface area contributed by atoms with Crippen LogP contribution in [0.4, 0.5) is 5.13 Å². The van der Waals surface area contributed by atoms with E-state index in [0.29, 0.717) is 25.1 Å². The lowest BCUT2D eigenvalue weighted by Gasteiger charge is -2.29. The first-order chi connectivity index (χ1) is 13.7. The number of piperidine rings is 1. The van der Waals surface area contributed by atoms with Gasteiger partial charge in [0.2, 0.25) is 11.8 Å². The van der Waals surface area contributed by atoms with Crippen LogP contribution in [0.25, 0.3) is 0 Å². The third-order valence-corrected chi connectivity index (χ3v) is 6.07. The summed E-state index contributed by atoms with van der Waals surface area (Å²) in [7, 11) is 0. The van der Waals surface area contributed by atoms with E-state index < -0.39 is 17.5 Å². The summed E-state index contributed by atoms with van der Waals surface area (Å²) >= 11 is 1.49. The van der Waals surface area contributed by atoms with E-state index in [2.05, 4.69) is 15.6 Å². The minimum Gasteiger partial charge on any atom is -0.357 e. The van der Waals surface area contributed by atoms with E-state index >= 15 is 0 Å². The van der Waals surface area contributed by atoms with Crippen LogP contribution in [0, 0.1) is 0 Å². The normalized spacial score (nSPS) is 19.3. The maximum atomic E-state index is 12.9. The second kappa shape index (κ2) is 7.23. The van der Waals surface area contributed by atoms with Gasteiger partial charge in [0, 0.05) is 30.5 Å². The zero-order valence-electron chi connectivity index (χ0n) is 16.3. The number of hydrogen-bond donors (Lipinski definition) is 3. The lowest BCUT2D eigenvalue weighted by molar-refractivity contribution is -0.136. The van der Waals surface area contributed by atoms with Crippen LogP contribution in [0.2, 0.25) is 0 Å². The number of nitrogens with zero attached hydrogens (tertiary/aromatic N) is 2. The van der Waals surface area contributed by atoms with Gasteiger partial charge in [-0.25, -0.2) is 4.98 Å². The molecule has 1 unspecified atom stereocenters. The second-order valence-corrected chi connectivity index (χ2v) is 8.81. The van der Waals surface area contributed by atoms with Crippen molar-refractivity contribution in [2.45, 2.75) is 51.4 Å². The number of imide groups is 1. The first-order valence-corrected chi connectivity index (χ1v) is 10.4. The van der Waals surface area contributed by atoms with E-state index in [1.165, 1.54) is 11.3 Å². The van der Waals surface area contributed by atoms with Crippen molar-refractivity contribution in [1.29, 1.82) is 0 Å². The predicted molar refractivity (Wildman–Crippen MR) is 109 cm³/mol. The van der Waals surface area contributed by atoms with E-state index in [9.17, 15) is 14.4 Å². The summed E-state index contributed by atoms with van der Waals surface area (Å²) in [5, 5.41) is 8.34. The van der Waals surface area contributed by atoms with Gasteiger partial charge < -0.3 is 16.0 Å². The minimum atomic E-state index is -0.610. The highest BCUT2D eigenvalue weighted by Crippen LogP contribution is 2.30. The molecule has 3 amide bonds. The standard InChI is InChI=1S/C20H23N5O3S/c1-20(2,21)15-10-29-19(23-15)22-8-11-4-3-5-12-13(11)9-25(18(12)28)14-6-7-16(26)24-17(14)27/h3-5,10,14H,6-9,21H2,1-2H3,(H,22,23)(H,24,26,27). The van der Waals surface area contributed by atoms with E-state index in [1.54, 1.807) is 11.0 Å². The fourth-order valence-corrected chi connectivity index (χ4v) is 4.52. The number of nitrogens with two attached hydrogens (primary N) is 1. The fourth-order valence-electron chi connectivity index (χ4n) is 3.64. The number of rotatable bonds is 5. The molecule has 2 aromatic rings. The molecule has 1 aromatic heterocycles. The number of carbonyl (C=O) groups is 3. The molecule has 0 bridgehead atoms. The number of benzene rings is 1. The van der Waals surface area contributed by atoms with Crippen molar-refractivity contribution in [3.8, 4) is 0 Å². The number of amides is 3. The van der Waals surface area contributed by atoms with Gasteiger partial charge in [-0.1, -0.05) is 12.1 Å². The van der Waals surface area contributed by atoms with Crippen molar-refractivity contribution in [2.24, 2.45) is 5.73 Å². The molecule has 0 saturated carbocycles. The van der Waals surface area contributed by atoms with E-state index in [4.69, 9.17) is 5.73 Å². The molecule has 4 rings (SSSR count). The van der Waals surface area contributed by atoms with Crippen molar-refractivity contribution < 1.29 is 14.4 Å². The zero-order valence-corrected chi connectivity index (χ0v) is 17.1. The van der Waals surface area contributed by atoms with Gasteiger partial charge in [0.1, 0.15) is 6.04 Å². The van der Waals surface area contributed by atoms with Gasteiger partial charge in [-0.05, 0) is 37.5 Å². The van der Waals surface area contributed by atoms with Crippen LogP contribution < -0.4 is 16.4 Å². The summed E-state index contributed by atoms with van der Waals surface area (Å²) in [5.74, 6) is -0.858. The Labute approximate surface area is 172 Å². The Bertz CT molecular complexity index is 994. The molecular formula is C20H23N5O3S. The Morgan fingerprint density at radius 2 is 2.14 bits per heavy atom. The molecule has 1 saturated heterocycles. The Hall–Kier alpha value is -2.78. The van der Waals surface area contributed by atoms with Crippen LogP contribution in [0.3, 0.4) is 0 Å². The molecule has 0 spiro atoms. The third kappa shape index (κ3) is 3.75. The topological polar surface area (TPSA) is 117 Å². The Kier molecular flexibility index (Phi) is 4.87. The molecule has 1 aromatic carbocycles. The maximum Gasteiger partial charge on any atom is 0.255 e. The minimum absolute atomic E-state index is 0.169. The number of aromatic nitrogens is 1. The van der Waals surface area contributed by atoms with E-state index in [-0.39, 0.29) is 18.2 Å². The number of nitrogens with one attached hydrogen (secondary N) is 2. The average molecular weight is 414 g/mol. The fraction of sp³-hybridized carbons (Fsp3) is 0.400. The van der Waals surface area contributed by atoms with E-state index in [0.717, 1.165) is 22.0 Å². The molecule has 0 radical (unpaired) electrons. The van der Waals surface area contributed by atoms with Crippen LogP contribution in [0.15, 0.2) is 23.6 Å². The van der Waals surface area contributed by atoms with Crippen LogP contribution >= 0.6 is 11.3 Å². The second-order valence-electron chi connectivity index (χ2n) is 7.96. The SMILES string of the molecule is CC(C)(N)c1csc(NCc2cccc3c2CN(C2CCC(=O)NC2=O)C3=O)n1. The number of hydrogen-bond acceptors (Lipinski definition) is 7. The third-order valence-electron chi connectivity index (χ3n) is 5.27. The molecule has 9 heteroatoms. The van der Waals surface area contributed by atoms with Crippen LogP contribution in [0.5, 0.6) is 0 Å². The highest BCUT2D eigenvalue weighted by Gasteiger charge is 2.39. The Morgan fingerprint density at radius 3 is 2.83 bits per heavy atom. The first kappa shape index (κ1) is 19.5. The first-order valence-electron chi connectivity index (χ1n) is 9.48. The highest BCUT2D eigenvalue weighted by atomic mass is 32.1. The molecule has 4 N–H and O–H groups in total. The summed E-state index contributed by atoms with van der Waals surface area (Å²) in [5.41, 5.74) is 8.91. The molecule has 2 aliphatic heterocycles. The lowest BCUT2D eigenvalue weighted by atomic mass is 10.0. The van der Waals surface area contributed by atoms with Crippen LogP contribution in [-0.2, 0) is 28.2 Å². The zero-order chi connectivity index (χ0) is 20.8. The van der Waals surface area contributed by atoms with Crippen molar-refractivity contribution in [3.63, 3.8) is 0 Å². The van der Waals surface area contributed by atoms with Crippen molar-refractivity contribution in [1.82, 2.24) is 15.2 Å². The quantitative estimate of drug-likeness (QED) is 0.643. The molecule has 152 valence electrons. The van der Waals surface area contributed by atoms with E-state index in [1.807, 2.05) is 31.4 Å². The molecule has 2 aliphatic rings. The van der Waals surface area contributed by atoms with Crippen LogP contribution in [-0.4, -0.2) is 33.6 Å². The Morgan fingerprint density at radius 1 is 1.34 bits per heavy atom. The van der Waals surface area contributed by atoms with Gasteiger partial charge >= 0.3 is 0 Å². The number of thiazole rings is 1. The smallest absolute Gasteiger partial charge is 0.255 e. The largest absolute Gasteiger partial charge is 0.357 e. The van der Waals surface area contributed by atoms with Gasteiger partial charge in [0.15, 0.2) is 5.13 Å². The van der Waals surface area contributed by atoms with Gasteiger partial charge in [0.05, 0.1) is 11.2 Å². The molecule has 3 heterocycles. The molecule has 8 nitrogen and oxygen atoms in total. The van der Waals surface area contributed by atoms with Gasteiger partial charge in [0.25, 0.3) is 5.91 Å². The van der Waals surface area contributed by atoms with Gasteiger partial charge in [-0.2, -0.15) is 0 Å². The van der Waals surface area contributed by atoms with Crippen LogP contribution in [0.1, 0.15) is 53.9 Å². The highest BCUT2D eigenvalue weighted by molar-refractivity contribution is 7.13. The molecule has 29 heavy (non-hydrogen) atoms. The average Bonchev–Trinajstić information content (AvgIpc) is 3.26.